The molecule has 1 aromatic carbocycles. The standard InChI is InChI=1S/C15H23FN2O/c1-3-17-11-13-14(16)5-4-6-15(13)18(9-10-19-2)12-7-8-12/h4-6,12,17H,3,7-11H2,1-2H3. The van der Waals surface area contributed by atoms with Crippen LogP contribution in [-0.4, -0.2) is 32.8 Å². The van der Waals surface area contributed by atoms with Crippen LogP contribution < -0.4 is 10.2 Å². The molecule has 0 aromatic heterocycles. The first-order chi connectivity index (χ1) is 9.27. The fourth-order valence-electron chi connectivity index (χ4n) is 2.32. The molecule has 0 saturated heterocycles. The monoisotopic (exact) mass is 266 g/mol. The molecule has 0 aliphatic heterocycles. The fourth-order valence-corrected chi connectivity index (χ4v) is 2.32. The van der Waals surface area contributed by atoms with E-state index in [4.69, 9.17) is 4.74 Å². The molecule has 1 aliphatic carbocycles. The van der Waals surface area contributed by atoms with Crippen LogP contribution in [0.25, 0.3) is 0 Å². The second-order valence-electron chi connectivity index (χ2n) is 4.94. The summed E-state index contributed by atoms with van der Waals surface area (Å²) in [6.45, 7) is 4.95. The average molecular weight is 266 g/mol. The number of halogens is 1. The number of benzene rings is 1. The van der Waals surface area contributed by atoms with Crippen molar-refractivity contribution in [2.24, 2.45) is 0 Å². The molecule has 2 rings (SSSR count). The minimum Gasteiger partial charge on any atom is -0.383 e. The van der Waals surface area contributed by atoms with Crippen molar-refractivity contribution in [1.82, 2.24) is 5.32 Å². The van der Waals surface area contributed by atoms with Gasteiger partial charge in [0.15, 0.2) is 0 Å². The van der Waals surface area contributed by atoms with E-state index in [0.717, 1.165) is 24.3 Å². The number of rotatable bonds is 8. The third kappa shape index (κ3) is 3.67. The van der Waals surface area contributed by atoms with Gasteiger partial charge in [0.25, 0.3) is 0 Å². The third-order valence-electron chi connectivity index (χ3n) is 3.48. The van der Waals surface area contributed by atoms with Crippen LogP contribution >= 0.6 is 0 Å². The molecule has 19 heavy (non-hydrogen) atoms. The summed E-state index contributed by atoms with van der Waals surface area (Å²) in [5.41, 5.74) is 1.79. The van der Waals surface area contributed by atoms with Crippen molar-refractivity contribution in [3.63, 3.8) is 0 Å². The van der Waals surface area contributed by atoms with E-state index >= 15 is 0 Å². The number of nitrogens with zero attached hydrogens (tertiary/aromatic N) is 1. The molecule has 1 fully saturated rings. The van der Waals surface area contributed by atoms with E-state index in [1.165, 1.54) is 18.9 Å². The van der Waals surface area contributed by atoms with Crippen molar-refractivity contribution in [2.45, 2.75) is 32.4 Å². The number of nitrogens with one attached hydrogen (secondary N) is 1. The second-order valence-corrected chi connectivity index (χ2v) is 4.94. The molecule has 1 aliphatic rings. The molecule has 106 valence electrons. The van der Waals surface area contributed by atoms with Gasteiger partial charge in [0.05, 0.1) is 6.61 Å². The first kappa shape index (κ1) is 14.3. The summed E-state index contributed by atoms with van der Waals surface area (Å²) in [4.78, 5) is 2.29. The minimum absolute atomic E-state index is 0.124. The van der Waals surface area contributed by atoms with Crippen LogP contribution in [0, 0.1) is 5.82 Å². The molecule has 0 heterocycles. The molecular weight excluding hydrogens is 243 g/mol. The van der Waals surface area contributed by atoms with E-state index in [9.17, 15) is 4.39 Å². The van der Waals surface area contributed by atoms with E-state index in [-0.39, 0.29) is 5.82 Å². The zero-order valence-electron chi connectivity index (χ0n) is 11.8. The van der Waals surface area contributed by atoms with Crippen molar-refractivity contribution < 1.29 is 9.13 Å². The Morgan fingerprint density at radius 2 is 2.21 bits per heavy atom. The van der Waals surface area contributed by atoms with E-state index in [1.807, 2.05) is 13.0 Å². The topological polar surface area (TPSA) is 24.5 Å². The molecular formula is C15H23FN2O. The SMILES string of the molecule is CCNCc1c(F)cccc1N(CCOC)C1CC1. The first-order valence-electron chi connectivity index (χ1n) is 7.01. The predicted molar refractivity (Wildman–Crippen MR) is 76.0 cm³/mol. The number of methoxy groups -OCH3 is 1. The lowest BCUT2D eigenvalue weighted by Crippen LogP contribution is -2.31. The van der Waals surface area contributed by atoms with Gasteiger partial charge in [-0.2, -0.15) is 0 Å². The Morgan fingerprint density at radius 1 is 1.42 bits per heavy atom. The first-order valence-corrected chi connectivity index (χ1v) is 7.01. The summed E-state index contributed by atoms with van der Waals surface area (Å²) in [5, 5.41) is 3.22. The number of hydrogen-bond acceptors (Lipinski definition) is 3. The van der Waals surface area contributed by atoms with Crippen LogP contribution in [-0.2, 0) is 11.3 Å². The Hall–Kier alpha value is -1.13. The Balaban J connectivity index is 2.21. The number of anilines is 1. The van der Waals surface area contributed by atoms with Crippen LogP contribution in [0.2, 0.25) is 0 Å². The van der Waals surface area contributed by atoms with Gasteiger partial charge in [0, 0.05) is 37.5 Å². The number of ether oxygens (including phenoxy) is 1. The lowest BCUT2D eigenvalue weighted by atomic mass is 10.1. The molecule has 4 heteroatoms. The van der Waals surface area contributed by atoms with Crippen LogP contribution in [0.3, 0.4) is 0 Å². The van der Waals surface area contributed by atoms with Crippen molar-refractivity contribution >= 4 is 5.69 Å². The zero-order valence-corrected chi connectivity index (χ0v) is 11.8. The van der Waals surface area contributed by atoms with E-state index < -0.39 is 0 Å². The van der Waals surface area contributed by atoms with E-state index in [2.05, 4.69) is 10.2 Å². The van der Waals surface area contributed by atoms with Gasteiger partial charge in [-0.15, -0.1) is 0 Å². The lowest BCUT2D eigenvalue weighted by Gasteiger charge is -2.27. The highest BCUT2D eigenvalue weighted by atomic mass is 19.1. The van der Waals surface area contributed by atoms with Gasteiger partial charge in [-0.25, -0.2) is 4.39 Å². The van der Waals surface area contributed by atoms with Crippen LogP contribution in [0.15, 0.2) is 18.2 Å². The van der Waals surface area contributed by atoms with Gasteiger partial charge in [-0.3, -0.25) is 0 Å². The second kappa shape index (κ2) is 6.87. The van der Waals surface area contributed by atoms with Gasteiger partial charge in [0.1, 0.15) is 5.82 Å². The summed E-state index contributed by atoms with van der Waals surface area (Å²) in [6, 6.07) is 5.90. The van der Waals surface area contributed by atoms with E-state index in [0.29, 0.717) is 19.2 Å². The normalized spacial score (nSPS) is 14.7. The Labute approximate surface area is 114 Å². The highest BCUT2D eigenvalue weighted by Gasteiger charge is 2.30. The van der Waals surface area contributed by atoms with Gasteiger partial charge in [0.2, 0.25) is 0 Å². The lowest BCUT2D eigenvalue weighted by molar-refractivity contribution is 0.205. The van der Waals surface area contributed by atoms with E-state index in [1.54, 1.807) is 13.2 Å². The maximum atomic E-state index is 14.0. The predicted octanol–water partition coefficient (Wildman–Crippen LogP) is 2.55. The zero-order chi connectivity index (χ0) is 13.7. The maximum absolute atomic E-state index is 14.0. The largest absolute Gasteiger partial charge is 0.383 e. The van der Waals surface area contributed by atoms with Gasteiger partial charge < -0.3 is 15.0 Å². The van der Waals surface area contributed by atoms with Crippen molar-refractivity contribution in [3.8, 4) is 0 Å². The van der Waals surface area contributed by atoms with Crippen molar-refractivity contribution in [2.75, 3.05) is 31.7 Å². The fraction of sp³-hybridized carbons (Fsp3) is 0.600. The molecule has 0 unspecified atom stereocenters. The van der Waals surface area contributed by atoms with Crippen LogP contribution in [0.1, 0.15) is 25.3 Å². The Kier molecular flexibility index (Phi) is 5.16. The molecule has 0 spiro atoms. The Bertz CT molecular complexity index is 407. The highest BCUT2D eigenvalue weighted by Crippen LogP contribution is 2.34. The number of hydrogen-bond donors (Lipinski definition) is 1. The summed E-state index contributed by atoms with van der Waals surface area (Å²) in [7, 11) is 1.70. The molecule has 3 nitrogen and oxygen atoms in total. The van der Waals surface area contributed by atoms with Crippen LogP contribution in [0.4, 0.5) is 10.1 Å². The van der Waals surface area contributed by atoms with Crippen molar-refractivity contribution in [1.29, 1.82) is 0 Å². The molecule has 1 saturated carbocycles. The summed E-state index contributed by atoms with van der Waals surface area (Å²) in [5.74, 6) is -0.124. The maximum Gasteiger partial charge on any atom is 0.129 e. The molecule has 1 aromatic rings. The highest BCUT2D eigenvalue weighted by molar-refractivity contribution is 5.56. The average Bonchev–Trinajstić information content (AvgIpc) is 3.23. The van der Waals surface area contributed by atoms with Gasteiger partial charge in [-0.1, -0.05) is 13.0 Å². The quantitative estimate of drug-likeness (QED) is 0.782. The van der Waals surface area contributed by atoms with Crippen molar-refractivity contribution in [3.05, 3.63) is 29.6 Å². The molecule has 1 N–H and O–H groups in total. The minimum atomic E-state index is -0.124. The van der Waals surface area contributed by atoms with Gasteiger partial charge in [-0.05, 0) is 31.5 Å². The third-order valence-corrected chi connectivity index (χ3v) is 3.48. The summed E-state index contributed by atoms with van der Waals surface area (Å²) in [6.07, 6.45) is 2.39. The molecule has 0 atom stereocenters. The summed E-state index contributed by atoms with van der Waals surface area (Å²) < 4.78 is 19.2. The molecule has 0 bridgehead atoms. The smallest absolute Gasteiger partial charge is 0.129 e. The molecule has 0 amide bonds. The summed E-state index contributed by atoms with van der Waals surface area (Å²) >= 11 is 0. The van der Waals surface area contributed by atoms with Gasteiger partial charge >= 0.3 is 0 Å². The Morgan fingerprint density at radius 3 is 2.84 bits per heavy atom. The molecule has 0 radical (unpaired) electrons. The van der Waals surface area contributed by atoms with Crippen LogP contribution in [0.5, 0.6) is 0 Å².